The van der Waals surface area contributed by atoms with Gasteiger partial charge in [-0.1, -0.05) is 32.0 Å². The molecule has 84 valence electrons. The number of carboxylic acid groups (broad SMARTS) is 1. The molecule has 0 unspecified atom stereocenters. The highest BCUT2D eigenvalue weighted by atomic mass is 16.4. The molecule has 1 heterocycles. The smallest absolute Gasteiger partial charge is 0.309 e. The first-order valence-corrected chi connectivity index (χ1v) is 5.41. The van der Waals surface area contributed by atoms with Crippen LogP contribution in [0.25, 0.3) is 10.9 Å². The molecular weight excluding hydrogens is 202 g/mol. The van der Waals surface area contributed by atoms with Crippen molar-refractivity contribution in [2.45, 2.75) is 26.2 Å². The summed E-state index contributed by atoms with van der Waals surface area (Å²) in [6, 6.07) is 7.94. The normalized spacial score (nSPS) is 11.2. The van der Waals surface area contributed by atoms with E-state index in [1.54, 1.807) is 0 Å². The van der Waals surface area contributed by atoms with Gasteiger partial charge in [-0.3, -0.25) is 4.79 Å². The Balaban J connectivity index is 2.63. The predicted molar refractivity (Wildman–Crippen MR) is 63.7 cm³/mol. The van der Waals surface area contributed by atoms with Gasteiger partial charge in [0.05, 0.1) is 6.42 Å². The van der Waals surface area contributed by atoms with E-state index in [0.717, 1.165) is 22.2 Å². The summed E-state index contributed by atoms with van der Waals surface area (Å²) in [7, 11) is 0. The second-order valence-corrected chi connectivity index (χ2v) is 4.29. The van der Waals surface area contributed by atoms with Crippen molar-refractivity contribution in [3.8, 4) is 0 Å². The lowest BCUT2D eigenvalue weighted by Gasteiger charge is -2.06. The van der Waals surface area contributed by atoms with Crippen molar-refractivity contribution in [2.75, 3.05) is 0 Å². The van der Waals surface area contributed by atoms with E-state index >= 15 is 0 Å². The molecule has 0 spiro atoms. The SMILES string of the molecule is CC(C)c1c(CC(=O)O)[nH]c2ccccc12. The topological polar surface area (TPSA) is 53.1 Å². The van der Waals surface area contributed by atoms with Crippen molar-refractivity contribution in [3.63, 3.8) is 0 Å². The van der Waals surface area contributed by atoms with E-state index in [9.17, 15) is 4.79 Å². The van der Waals surface area contributed by atoms with Crippen LogP contribution < -0.4 is 0 Å². The second kappa shape index (κ2) is 4.00. The van der Waals surface area contributed by atoms with Crippen LogP contribution in [0.5, 0.6) is 0 Å². The summed E-state index contributed by atoms with van der Waals surface area (Å²) in [6.45, 7) is 4.17. The number of para-hydroxylation sites is 1. The van der Waals surface area contributed by atoms with Crippen LogP contribution in [0.2, 0.25) is 0 Å². The number of fused-ring (bicyclic) bond motifs is 1. The maximum absolute atomic E-state index is 10.8. The molecular formula is C13H15NO2. The molecule has 0 atom stereocenters. The van der Waals surface area contributed by atoms with Crippen molar-refractivity contribution in [1.29, 1.82) is 0 Å². The molecule has 1 aromatic carbocycles. The highest BCUT2D eigenvalue weighted by molar-refractivity contribution is 5.86. The molecule has 2 aromatic rings. The first-order chi connectivity index (χ1) is 7.59. The van der Waals surface area contributed by atoms with Gasteiger partial charge in [-0.2, -0.15) is 0 Å². The minimum absolute atomic E-state index is 0.0577. The van der Waals surface area contributed by atoms with Gasteiger partial charge in [-0.25, -0.2) is 0 Å². The van der Waals surface area contributed by atoms with E-state index in [1.807, 2.05) is 24.3 Å². The number of benzene rings is 1. The Labute approximate surface area is 94.1 Å². The summed E-state index contributed by atoms with van der Waals surface area (Å²) in [6.07, 6.45) is 0.0577. The van der Waals surface area contributed by atoms with E-state index < -0.39 is 5.97 Å². The van der Waals surface area contributed by atoms with Crippen LogP contribution in [0.4, 0.5) is 0 Å². The molecule has 16 heavy (non-hydrogen) atoms. The van der Waals surface area contributed by atoms with Crippen LogP contribution >= 0.6 is 0 Å². The van der Waals surface area contributed by atoms with Gasteiger partial charge in [0.25, 0.3) is 0 Å². The van der Waals surface area contributed by atoms with Crippen molar-refractivity contribution >= 4 is 16.9 Å². The summed E-state index contributed by atoms with van der Waals surface area (Å²) in [5.41, 5.74) is 2.96. The number of nitrogens with one attached hydrogen (secondary N) is 1. The fraction of sp³-hybridized carbons (Fsp3) is 0.308. The predicted octanol–water partition coefficient (Wildman–Crippen LogP) is 2.92. The highest BCUT2D eigenvalue weighted by Gasteiger charge is 2.15. The molecule has 0 aliphatic rings. The lowest BCUT2D eigenvalue weighted by Crippen LogP contribution is -2.03. The van der Waals surface area contributed by atoms with Gasteiger partial charge < -0.3 is 10.1 Å². The number of rotatable bonds is 3. The van der Waals surface area contributed by atoms with E-state index in [4.69, 9.17) is 5.11 Å². The molecule has 0 bridgehead atoms. The summed E-state index contributed by atoms with van der Waals surface area (Å²) >= 11 is 0. The zero-order chi connectivity index (χ0) is 11.7. The van der Waals surface area contributed by atoms with Gasteiger partial charge in [0, 0.05) is 16.6 Å². The summed E-state index contributed by atoms with van der Waals surface area (Å²) in [5.74, 6) is -0.473. The number of carboxylic acids is 1. The molecule has 0 saturated heterocycles. The molecule has 3 nitrogen and oxygen atoms in total. The number of hydrogen-bond donors (Lipinski definition) is 2. The lowest BCUT2D eigenvalue weighted by atomic mass is 9.98. The summed E-state index contributed by atoms with van der Waals surface area (Å²) < 4.78 is 0. The molecule has 2 rings (SSSR count). The van der Waals surface area contributed by atoms with Crippen molar-refractivity contribution in [3.05, 3.63) is 35.5 Å². The standard InChI is InChI=1S/C13H15NO2/c1-8(2)13-9-5-3-4-6-10(9)14-11(13)7-12(15)16/h3-6,8,14H,7H2,1-2H3,(H,15,16). The number of aliphatic carboxylic acids is 1. The van der Waals surface area contributed by atoms with Gasteiger partial charge in [0.1, 0.15) is 0 Å². The Morgan fingerprint density at radius 3 is 2.69 bits per heavy atom. The van der Waals surface area contributed by atoms with Gasteiger partial charge in [0.2, 0.25) is 0 Å². The van der Waals surface area contributed by atoms with Crippen molar-refractivity contribution in [1.82, 2.24) is 4.98 Å². The quantitative estimate of drug-likeness (QED) is 0.830. The van der Waals surface area contributed by atoms with Gasteiger partial charge in [-0.15, -0.1) is 0 Å². The van der Waals surface area contributed by atoms with E-state index in [1.165, 1.54) is 0 Å². The Kier molecular flexibility index (Phi) is 2.69. The van der Waals surface area contributed by atoms with Crippen LogP contribution in [0, 0.1) is 0 Å². The monoisotopic (exact) mass is 217 g/mol. The van der Waals surface area contributed by atoms with E-state index in [0.29, 0.717) is 5.92 Å². The molecule has 1 aromatic heterocycles. The highest BCUT2D eigenvalue weighted by Crippen LogP contribution is 2.29. The summed E-state index contributed by atoms with van der Waals surface area (Å²) in [5, 5.41) is 10.0. The molecule has 0 saturated carbocycles. The van der Waals surface area contributed by atoms with E-state index in [2.05, 4.69) is 18.8 Å². The molecule has 0 fully saturated rings. The number of carbonyl (C=O) groups is 1. The third-order valence-corrected chi connectivity index (χ3v) is 2.73. The van der Waals surface area contributed by atoms with Crippen LogP contribution in [-0.4, -0.2) is 16.1 Å². The number of hydrogen-bond acceptors (Lipinski definition) is 1. The molecule has 0 aliphatic heterocycles. The minimum atomic E-state index is -0.798. The Morgan fingerprint density at radius 1 is 1.38 bits per heavy atom. The van der Waals surface area contributed by atoms with Crippen LogP contribution in [-0.2, 0) is 11.2 Å². The molecule has 0 aliphatic carbocycles. The first-order valence-electron chi connectivity index (χ1n) is 5.41. The number of H-pyrrole nitrogens is 1. The first kappa shape index (κ1) is 10.7. The fourth-order valence-corrected chi connectivity index (χ4v) is 2.17. The van der Waals surface area contributed by atoms with Crippen molar-refractivity contribution in [2.24, 2.45) is 0 Å². The van der Waals surface area contributed by atoms with Gasteiger partial charge in [0.15, 0.2) is 0 Å². The van der Waals surface area contributed by atoms with Crippen molar-refractivity contribution < 1.29 is 9.90 Å². The van der Waals surface area contributed by atoms with Crippen LogP contribution in [0.1, 0.15) is 31.0 Å². The van der Waals surface area contributed by atoms with Crippen LogP contribution in [0.3, 0.4) is 0 Å². The zero-order valence-corrected chi connectivity index (χ0v) is 9.45. The maximum atomic E-state index is 10.8. The van der Waals surface area contributed by atoms with E-state index in [-0.39, 0.29) is 6.42 Å². The third kappa shape index (κ3) is 1.81. The zero-order valence-electron chi connectivity index (χ0n) is 9.45. The molecule has 2 N–H and O–H groups in total. The maximum Gasteiger partial charge on any atom is 0.309 e. The lowest BCUT2D eigenvalue weighted by molar-refractivity contribution is -0.136. The van der Waals surface area contributed by atoms with Gasteiger partial charge >= 0.3 is 5.97 Å². The molecule has 0 amide bonds. The Hall–Kier alpha value is -1.77. The average Bonchev–Trinajstić information content (AvgIpc) is 2.53. The fourth-order valence-electron chi connectivity index (χ4n) is 2.17. The Morgan fingerprint density at radius 2 is 2.06 bits per heavy atom. The summed E-state index contributed by atoms with van der Waals surface area (Å²) in [4.78, 5) is 14.0. The molecule has 3 heteroatoms. The second-order valence-electron chi connectivity index (χ2n) is 4.29. The largest absolute Gasteiger partial charge is 0.481 e. The number of aromatic amines is 1. The minimum Gasteiger partial charge on any atom is -0.481 e. The Bertz CT molecular complexity index is 526. The third-order valence-electron chi connectivity index (χ3n) is 2.73. The van der Waals surface area contributed by atoms with Gasteiger partial charge in [-0.05, 0) is 17.5 Å². The number of aromatic nitrogens is 1. The average molecular weight is 217 g/mol. The van der Waals surface area contributed by atoms with Crippen LogP contribution in [0.15, 0.2) is 24.3 Å². The molecule has 0 radical (unpaired) electrons.